The second kappa shape index (κ2) is 12.1. The van der Waals surface area contributed by atoms with E-state index in [9.17, 15) is 4.79 Å². The lowest BCUT2D eigenvalue weighted by Crippen LogP contribution is -2.06. The highest BCUT2D eigenvalue weighted by molar-refractivity contribution is 5.78. The van der Waals surface area contributed by atoms with Gasteiger partial charge in [0.05, 0.1) is 26.4 Å². The van der Waals surface area contributed by atoms with Crippen LogP contribution in [0.5, 0.6) is 0 Å². The van der Waals surface area contributed by atoms with E-state index >= 15 is 0 Å². The number of rotatable bonds is 7. The largest absolute Gasteiger partial charge is 0.478 e. The van der Waals surface area contributed by atoms with Gasteiger partial charge >= 0.3 is 5.97 Å². The number of aliphatic hydroxyl groups excluding tert-OH is 1. The Bertz CT molecular complexity index is 221. The molecule has 0 aromatic heterocycles. The summed E-state index contributed by atoms with van der Waals surface area (Å²) in [4.78, 5) is 9.25. The van der Waals surface area contributed by atoms with Gasteiger partial charge in [0.1, 0.15) is 12.2 Å². The van der Waals surface area contributed by atoms with Gasteiger partial charge in [0, 0.05) is 12.7 Å². The second-order valence-corrected chi connectivity index (χ2v) is 4.07. The number of epoxide rings is 2. The van der Waals surface area contributed by atoms with Crippen molar-refractivity contribution in [3.63, 3.8) is 0 Å². The molecule has 2 aliphatic rings. The van der Waals surface area contributed by atoms with Crippen LogP contribution in [-0.4, -0.2) is 61.4 Å². The molecule has 2 N–H and O–H groups in total. The Labute approximate surface area is 114 Å². The zero-order valence-corrected chi connectivity index (χ0v) is 11.4. The van der Waals surface area contributed by atoms with Crippen molar-refractivity contribution in [2.75, 3.05) is 33.0 Å². The van der Waals surface area contributed by atoms with E-state index in [4.69, 9.17) is 24.4 Å². The molecule has 112 valence electrons. The lowest BCUT2D eigenvalue weighted by atomic mass is 10.4. The third kappa shape index (κ3) is 17.1. The van der Waals surface area contributed by atoms with Gasteiger partial charge in [-0.1, -0.05) is 19.9 Å². The summed E-state index contributed by atoms with van der Waals surface area (Å²) < 4.78 is 15.1. The summed E-state index contributed by atoms with van der Waals surface area (Å²) in [6.07, 6.45) is 3.66. The zero-order chi connectivity index (χ0) is 14.5. The predicted molar refractivity (Wildman–Crippen MR) is 70.1 cm³/mol. The highest BCUT2D eigenvalue weighted by Crippen LogP contribution is 2.12. The number of carbonyl (C=O) groups is 1. The topological polar surface area (TPSA) is 91.8 Å². The van der Waals surface area contributed by atoms with Crippen LogP contribution in [0.1, 0.15) is 19.8 Å². The smallest absolute Gasteiger partial charge is 0.327 e. The van der Waals surface area contributed by atoms with Crippen LogP contribution in [-0.2, 0) is 19.0 Å². The van der Waals surface area contributed by atoms with Crippen molar-refractivity contribution in [1.82, 2.24) is 0 Å². The minimum absolute atomic E-state index is 0.344. The number of carboxylic acid groups (broad SMARTS) is 1. The Morgan fingerprint density at radius 1 is 1.37 bits per heavy atom. The molecule has 0 spiro atoms. The molecular formula is C13H24O6. The van der Waals surface area contributed by atoms with Gasteiger partial charge in [-0.25, -0.2) is 4.79 Å². The fourth-order valence-corrected chi connectivity index (χ4v) is 0.818. The van der Waals surface area contributed by atoms with Gasteiger partial charge in [-0.2, -0.15) is 0 Å². The Balaban J connectivity index is 0.000000283. The molecular weight excluding hydrogens is 252 g/mol. The molecule has 2 rings (SSSR count). The summed E-state index contributed by atoms with van der Waals surface area (Å²) in [5.41, 5.74) is 0. The van der Waals surface area contributed by atoms with Crippen molar-refractivity contribution < 1.29 is 29.2 Å². The Kier molecular flexibility index (Phi) is 11.5. The maximum absolute atomic E-state index is 9.25. The molecule has 6 nitrogen and oxygen atoms in total. The van der Waals surface area contributed by atoms with Crippen molar-refractivity contribution in [2.45, 2.75) is 32.0 Å². The molecule has 2 saturated heterocycles. The number of aliphatic hydroxyl groups is 1. The molecule has 0 saturated carbocycles. The highest BCUT2D eigenvalue weighted by Gasteiger charge is 2.26. The molecule has 2 atom stereocenters. The Morgan fingerprint density at radius 2 is 1.79 bits per heavy atom. The quantitative estimate of drug-likeness (QED) is 0.529. The number of hydrogen-bond donors (Lipinski definition) is 2. The van der Waals surface area contributed by atoms with E-state index in [1.165, 1.54) is 0 Å². The number of aliphatic carboxylic acids is 1. The molecule has 0 amide bonds. The maximum Gasteiger partial charge on any atom is 0.327 e. The van der Waals surface area contributed by atoms with Crippen molar-refractivity contribution in [3.8, 4) is 0 Å². The predicted octanol–water partition coefficient (Wildman–Crippen LogP) is 0.836. The van der Waals surface area contributed by atoms with Gasteiger partial charge in [0.15, 0.2) is 0 Å². The third-order valence-electron chi connectivity index (χ3n) is 2.10. The standard InChI is InChI=1S/C6H10O3.C4H10O.C3H4O2/c1(5-3-8-5)7-2-6-4-9-6;1-2-3-4-5;1-2-3(4)5/h5-6H,1-4H2;5H,2-4H2,1H3;2H,1H2,(H,4,5). The molecule has 2 heterocycles. The zero-order valence-electron chi connectivity index (χ0n) is 11.4. The summed E-state index contributed by atoms with van der Waals surface area (Å²) in [5, 5.41) is 15.7. The van der Waals surface area contributed by atoms with Gasteiger partial charge < -0.3 is 24.4 Å². The fourth-order valence-electron chi connectivity index (χ4n) is 0.818. The van der Waals surface area contributed by atoms with Crippen LogP contribution >= 0.6 is 0 Å². The van der Waals surface area contributed by atoms with Crippen LogP contribution in [0.2, 0.25) is 0 Å². The van der Waals surface area contributed by atoms with E-state index in [1.54, 1.807) is 0 Å². The number of carboxylic acids is 1. The minimum Gasteiger partial charge on any atom is -0.478 e. The minimum atomic E-state index is -0.981. The van der Waals surface area contributed by atoms with E-state index in [1.807, 2.05) is 0 Å². The Morgan fingerprint density at radius 3 is 1.95 bits per heavy atom. The van der Waals surface area contributed by atoms with Crippen LogP contribution < -0.4 is 0 Å². The molecule has 0 aromatic rings. The molecule has 2 aliphatic heterocycles. The van der Waals surface area contributed by atoms with Crippen LogP contribution in [0.15, 0.2) is 12.7 Å². The SMILES string of the molecule is C(OCC1CO1)C1CO1.C=CC(=O)O.CCCCO. The first-order valence-electron chi connectivity index (χ1n) is 6.41. The molecule has 2 unspecified atom stereocenters. The maximum atomic E-state index is 9.25. The van der Waals surface area contributed by atoms with E-state index in [2.05, 4.69) is 13.5 Å². The van der Waals surface area contributed by atoms with Crippen molar-refractivity contribution >= 4 is 5.97 Å². The van der Waals surface area contributed by atoms with Gasteiger partial charge in [-0.3, -0.25) is 0 Å². The lowest BCUT2D eigenvalue weighted by Gasteiger charge is -1.95. The van der Waals surface area contributed by atoms with Crippen LogP contribution in [0, 0.1) is 0 Å². The third-order valence-corrected chi connectivity index (χ3v) is 2.10. The number of unbranched alkanes of at least 4 members (excludes halogenated alkanes) is 1. The average molecular weight is 276 g/mol. The summed E-state index contributed by atoms with van der Waals surface area (Å²) in [7, 11) is 0. The summed E-state index contributed by atoms with van der Waals surface area (Å²) >= 11 is 0. The lowest BCUT2D eigenvalue weighted by molar-refractivity contribution is -0.131. The number of ether oxygens (including phenoxy) is 3. The van der Waals surface area contributed by atoms with Gasteiger partial charge in [0.2, 0.25) is 0 Å². The first-order valence-corrected chi connectivity index (χ1v) is 6.41. The molecule has 0 aromatic carbocycles. The highest BCUT2D eigenvalue weighted by atomic mass is 16.6. The molecule has 19 heavy (non-hydrogen) atoms. The van der Waals surface area contributed by atoms with E-state index in [0.717, 1.165) is 45.3 Å². The second-order valence-electron chi connectivity index (χ2n) is 4.07. The van der Waals surface area contributed by atoms with E-state index in [0.29, 0.717) is 18.8 Å². The van der Waals surface area contributed by atoms with Crippen LogP contribution in [0.3, 0.4) is 0 Å². The molecule has 2 fully saturated rings. The Hall–Kier alpha value is -0.950. The summed E-state index contributed by atoms with van der Waals surface area (Å²) in [6, 6.07) is 0. The molecule has 0 bridgehead atoms. The number of hydrogen-bond acceptors (Lipinski definition) is 5. The van der Waals surface area contributed by atoms with Gasteiger partial charge in [-0.05, 0) is 6.42 Å². The summed E-state index contributed by atoms with van der Waals surface area (Å²) in [6.45, 7) is 8.62. The van der Waals surface area contributed by atoms with Crippen LogP contribution in [0.4, 0.5) is 0 Å². The van der Waals surface area contributed by atoms with Crippen LogP contribution in [0.25, 0.3) is 0 Å². The molecule has 6 heteroatoms. The first kappa shape index (κ1) is 18.0. The molecule has 0 radical (unpaired) electrons. The first-order chi connectivity index (χ1) is 9.13. The van der Waals surface area contributed by atoms with Crippen molar-refractivity contribution in [1.29, 1.82) is 0 Å². The van der Waals surface area contributed by atoms with E-state index < -0.39 is 5.97 Å². The van der Waals surface area contributed by atoms with Gasteiger partial charge in [-0.15, -0.1) is 0 Å². The fraction of sp³-hybridized carbons (Fsp3) is 0.769. The van der Waals surface area contributed by atoms with Crippen molar-refractivity contribution in [2.24, 2.45) is 0 Å². The van der Waals surface area contributed by atoms with Crippen molar-refractivity contribution in [3.05, 3.63) is 12.7 Å². The normalized spacial score (nSPS) is 22.2. The van der Waals surface area contributed by atoms with Gasteiger partial charge in [0.25, 0.3) is 0 Å². The summed E-state index contributed by atoms with van der Waals surface area (Å²) in [5.74, 6) is -0.981. The monoisotopic (exact) mass is 276 g/mol. The van der Waals surface area contributed by atoms with E-state index in [-0.39, 0.29) is 0 Å². The average Bonchev–Trinajstić information content (AvgIpc) is 3.26. The molecule has 0 aliphatic carbocycles.